The molecule has 1 aromatic carbocycles. The summed E-state index contributed by atoms with van der Waals surface area (Å²) in [6.07, 6.45) is 2.06. The van der Waals surface area contributed by atoms with Crippen LogP contribution in [-0.2, 0) is 0 Å². The lowest BCUT2D eigenvalue weighted by molar-refractivity contribution is 1.35. The standard InChI is InChI=1S/C14H13BrClN/c1-9(8-15)6-12-7-11-5-3-4-10(2)13(11)17-14(12)16/h3-7H,8H2,1-2H3. The summed E-state index contributed by atoms with van der Waals surface area (Å²) < 4.78 is 0. The van der Waals surface area contributed by atoms with Crippen LogP contribution in [0.2, 0.25) is 5.15 Å². The summed E-state index contributed by atoms with van der Waals surface area (Å²) in [6.45, 7) is 4.11. The Bertz CT molecular complexity index is 590. The molecule has 1 nitrogen and oxygen atoms in total. The molecule has 0 amide bonds. The largest absolute Gasteiger partial charge is 0.235 e. The minimum atomic E-state index is 0.562. The predicted octanol–water partition coefficient (Wildman–Crippen LogP) is 4.99. The Morgan fingerprint density at radius 1 is 1.47 bits per heavy atom. The molecule has 0 N–H and O–H groups in total. The molecule has 0 bridgehead atoms. The van der Waals surface area contributed by atoms with Gasteiger partial charge in [0.1, 0.15) is 5.15 Å². The maximum Gasteiger partial charge on any atom is 0.137 e. The van der Waals surface area contributed by atoms with Gasteiger partial charge in [0.15, 0.2) is 0 Å². The number of halogens is 2. The van der Waals surface area contributed by atoms with Crippen molar-refractivity contribution in [3.8, 4) is 0 Å². The summed E-state index contributed by atoms with van der Waals surface area (Å²) in [4.78, 5) is 4.47. The zero-order chi connectivity index (χ0) is 12.4. The highest BCUT2D eigenvalue weighted by atomic mass is 79.9. The third-order valence-electron chi connectivity index (χ3n) is 2.64. The number of hydrogen-bond acceptors (Lipinski definition) is 1. The van der Waals surface area contributed by atoms with E-state index in [0.29, 0.717) is 5.15 Å². The van der Waals surface area contributed by atoms with Crippen LogP contribution < -0.4 is 0 Å². The van der Waals surface area contributed by atoms with Gasteiger partial charge in [-0.15, -0.1) is 0 Å². The Labute approximate surface area is 115 Å². The van der Waals surface area contributed by atoms with E-state index >= 15 is 0 Å². The molecule has 3 heteroatoms. The predicted molar refractivity (Wildman–Crippen MR) is 78.9 cm³/mol. The van der Waals surface area contributed by atoms with Crippen molar-refractivity contribution < 1.29 is 0 Å². The summed E-state index contributed by atoms with van der Waals surface area (Å²) in [6, 6.07) is 8.24. The summed E-state index contributed by atoms with van der Waals surface area (Å²) in [5, 5.41) is 2.53. The van der Waals surface area contributed by atoms with Crippen molar-refractivity contribution in [1.82, 2.24) is 4.98 Å². The van der Waals surface area contributed by atoms with Crippen LogP contribution in [0.25, 0.3) is 17.0 Å². The summed E-state index contributed by atoms with van der Waals surface area (Å²) in [5.41, 5.74) is 4.32. The minimum Gasteiger partial charge on any atom is -0.235 e. The minimum absolute atomic E-state index is 0.562. The fourth-order valence-electron chi connectivity index (χ4n) is 1.75. The molecule has 88 valence electrons. The topological polar surface area (TPSA) is 12.9 Å². The molecule has 0 saturated carbocycles. The van der Waals surface area contributed by atoms with Crippen molar-refractivity contribution in [2.24, 2.45) is 0 Å². The number of para-hydroxylation sites is 1. The zero-order valence-corrected chi connectivity index (χ0v) is 12.1. The molecule has 1 aromatic heterocycles. The Morgan fingerprint density at radius 3 is 2.94 bits per heavy atom. The molecule has 0 spiro atoms. The van der Waals surface area contributed by atoms with Gasteiger partial charge < -0.3 is 0 Å². The van der Waals surface area contributed by atoms with E-state index in [9.17, 15) is 0 Å². The van der Waals surface area contributed by atoms with Gasteiger partial charge in [0, 0.05) is 16.3 Å². The fourth-order valence-corrected chi connectivity index (χ4v) is 2.10. The number of rotatable bonds is 2. The second kappa shape index (κ2) is 5.19. The van der Waals surface area contributed by atoms with E-state index in [4.69, 9.17) is 11.6 Å². The van der Waals surface area contributed by atoms with Crippen LogP contribution >= 0.6 is 27.5 Å². The van der Waals surface area contributed by atoms with Crippen LogP contribution in [0.5, 0.6) is 0 Å². The number of hydrogen-bond donors (Lipinski definition) is 0. The lowest BCUT2D eigenvalue weighted by atomic mass is 10.1. The maximum absolute atomic E-state index is 6.21. The maximum atomic E-state index is 6.21. The van der Waals surface area contributed by atoms with E-state index in [0.717, 1.165) is 27.4 Å². The molecular weight excluding hydrogens is 298 g/mol. The normalized spacial score (nSPS) is 12.1. The third kappa shape index (κ3) is 2.70. The second-order valence-electron chi connectivity index (χ2n) is 4.14. The monoisotopic (exact) mass is 309 g/mol. The Hall–Kier alpha value is -0.860. The molecule has 0 saturated heterocycles. The molecule has 0 radical (unpaired) electrons. The first-order chi connectivity index (χ1) is 8.11. The van der Waals surface area contributed by atoms with Crippen LogP contribution in [0.3, 0.4) is 0 Å². The number of fused-ring (bicyclic) bond motifs is 1. The van der Waals surface area contributed by atoms with E-state index in [-0.39, 0.29) is 0 Å². The van der Waals surface area contributed by atoms with Crippen LogP contribution in [0.1, 0.15) is 18.1 Å². The van der Waals surface area contributed by atoms with Crippen molar-refractivity contribution in [2.75, 3.05) is 5.33 Å². The number of nitrogens with zero attached hydrogens (tertiary/aromatic N) is 1. The quantitative estimate of drug-likeness (QED) is 0.562. The van der Waals surface area contributed by atoms with Gasteiger partial charge in [0.05, 0.1) is 5.52 Å². The van der Waals surface area contributed by atoms with Gasteiger partial charge in [-0.25, -0.2) is 4.98 Å². The third-order valence-corrected chi connectivity index (χ3v) is 3.83. The van der Waals surface area contributed by atoms with Crippen molar-refractivity contribution >= 4 is 44.5 Å². The van der Waals surface area contributed by atoms with E-state index < -0.39 is 0 Å². The van der Waals surface area contributed by atoms with E-state index in [1.807, 2.05) is 19.1 Å². The number of allylic oxidation sites excluding steroid dienone is 1. The van der Waals surface area contributed by atoms with Gasteiger partial charge >= 0.3 is 0 Å². The van der Waals surface area contributed by atoms with Crippen LogP contribution in [-0.4, -0.2) is 10.3 Å². The summed E-state index contributed by atoms with van der Waals surface area (Å²) in [7, 11) is 0. The molecule has 2 aromatic rings. The zero-order valence-electron chi connectivity index (χ0n) is 9.80. The number of benzene rings is 1. The molecule has 1 heterocycles. The van der Waals surface area contributed by atoms with E-state index in [2.05, 4.69) is 46.0 Å². The van der Waals surface area contributed by atoms with Crippen LogP contribution in [0.4, 0.5) is 0 Å². The Morgan fingerprint density at radius 2 is 2.24 bits per heavy atom. The number of aryl methyl sites for hydroxylation is 1. The fraction of sp³-hybridized carbons (Fsp3) is 0.214. The highest BCUT2D eigenvalue weighted by molar-refractivity contribution is 9.09. The van der Waals surface area contributed by atoms with E-state index in [1.54, 1.807) is 0 Å². The molecule has 0 atom stereocenters. The van der Waals surface area contributed by atoms with E-state index in [1.165, 1.54) is 5.57 Å². The average molecular weight is 311 g/mol. The van der Waals surface area contributed by atoms with Gasteiger partial charge in [0.25, 0.3) is 0 Å². The van der Waals surface area contributed by atoms with Crippen LogP contribution in [0.15, 0.2) is 29.8 Å². The van der Waals surface area contributed by atoms with Gasteiger partial charge in [-0.2, -0.15) is 0 Å². The summed E-state index contributed by atoms with van der Waals surface area (Å²) in [5.74, 6) is 0. The lowest BCUT2D eigenvalue weighted by Gasteiger charge is -2.05. The van der Waals surface area contributed by atoms with Gasteiger partial charge in [0.2, 0.25) is 0 Å². The molecule has 0 aliphatic heterocycles. The molecule has 0 aliphatic rings. The number of aromatic nitrogens is 1. The van der Waals surface area contributed by atoms with Crippen molar-refractivity contribution in [2.45, 2.75) is 13.8 Å². The number of alkyl halides is 1. The average Bonchev–Trinajstić information content (AvgIpc) is 2.31. The molecule has 2 rings (SSSR count). The SMILES string of the molecule is CC(=Cc1cc2cccc(C)c2nc1Cl)CBr. The second-order valence-corrected chi connectivity index (χ2v) is 5.06. The van der Waals surface area contributed by atoms with Crippen molar-refractivity contribution in [1.29, 1.82) is 0 Å². The van der Waals surface area contributed by atoms with Crippen molar-refractivity contribution in [3.63, 3.8) is 0 Å². The molecular formula is C14H13BrClN. The first-order valence-corrected chi connectivity index (χ1v) is 6.91. The lowest BCUT2D eigenvalue weighted by Crippen LogP contribution is -1.88. The highest BCUT2D eigenvalue weighted by Gasteiger charge is 2.04. The molecule has 0 aliphatic carbocycles. The van der Waals surface area contributed by atoms with Gasteiger partial charge in [-0.05, 0) is 25.5 Å². The van der Waals surface area contributed by atoms with Gasteiger partial charge in [-0.3, -0.25) is 0 Å². The first-order valence-electron chi connectivity index (χ1n) is 5.41. The Kier molecular flexibility index (Phi) is 3.85. The van der Waals surface area contributed by atoms with Gasteiger partial charge in [-0.1, -0.05) is 57.4 Å². The summed E-state index contributed by atoms with van der Waals surface area (Å²) >= 11 is 9.63. The molecule has 0 unspecified atom stereocenters. The number of pyridine rings is 1. The van der Waals surface area contributed by atoms with Crippen molar-refractivity contribution in [3.05, 3.63) is 46.1 Å². The molecule has 17 heavy (non-hydrogen) atoms. The Balaban J connectivity index is 2.64. The van der Waals surface area contributed by atoms with Crippen LogP contribution in [0, 0.1) is 6.92 Å². The highest BCUT2D eigenvalue weighted by Crippen LogP contribution is 2.24. The first kappa shape index (κ1) is 12.6. The smallest absolute Gasteiger partial charge is 0.137 e. The molecule has 0 fully saturated rings.